The predicted octanol–water partition coefficient (Wildman–Crippen LogP) is 6.57. The zero-order chi connectivity index (χ0) is 21.0. The van der Waals surface area contributed by atoms with Crippen LogP contribution in [0.1, 0.15) is 98.8 Å². The number of Topliss-reactive ketones (excluding diaryl/α,β-unsaturated/α-hetero) is 1. The number of aliphatic hydroxyl groups excluding tert-OH is 1. The van der Waals surface area contributed by atoms with Crippen LogP contribution in [0.15, 0.2) is 11.6 Å². The fourth-order valence-electron chi connectivity index (χ4n) is 8.39. The third-order valence-corrected chi connectivity index (χ3v) is 10.1. The highest BCUT2D eigenvalue weighted by Crippen LogP contribution is 2.66. The lowest BCUT2D eigenvalue weighted by Gasteiger charge is -2.58. The molecule has 2 nitrogen and oxygen atoms in total. The minimum atomic E-state index is -0.416. The standard InChI is InChI=1S/C27H44O2/c1-17(2)7-6-8-18(3)21-9-10-22-20-16-25(29)24-15-19(28)11-13-27(24,5)23(20)12-14-26(21,22)4/h16-18,21-25,29H,6-15H2,1-5H3/t18-,21-,22+,23+,24?,25-,26-,27-/m1/s1. The van der Waals surface area contributed by atoms with Crippen LogP contribution in [0, 0.1) is 46.3 Å². The summed E-state index contributed by atoms with van der Waals surface area (Å²) in [5.41, 5.74) is 2.13. The molecule has 0 spiro atoms. The monoisotopic (exact) mass is 400 g/mol. The zero-order valence-corrected chi connectivity index (χ0v) is 19.5. The number of carbonyl (C=O) groups excluding carboxylic acids is 1. The van der Waals surface area contributed by atoms with Gasteiger partial charge in [-0.05, 0) is 72.5 Å². The van der Waals surface area contributed by atoms with E-state index in [1.165, 1.54) is 44.9 Å². The quantitative estimate of drug-likeness (QED) is 0.530. The minimum absolute atomic E-state index is 0.125. The van der Waals surface area contributed by atoms with Gasteiger partial charge < -0.3 is 5.11 Å². The summed E-state index contributed by atoms with van der Waals surface area (Å²) in [5.74, 6) is 4.21. The smallest absolute Gasteiger partial charge is 0.133 e. The van der Waals surface area contributed by atoms with Gasteiger partial charge in [0.1, 0.15) is 5.78 Å². The highest BCUT2D eigenvalue weighted by Gasteiger charge is 2.59. The zero-order valence-electron chi connectivity index (χ0n) is 19.5. The van der Waals surface area contributed by atoms with Gasteiger partial charge in [-0.3, -0.25) is 4.79 Å². The maximum Gasteiger partial charge on any atom is 0.133 e. The predicted molar refractivity (Wildman–Crippen MR) is 119 cm³/mol. The second-order valence-electron chi connectivity index (χ2n) is 12.1. The largest absolute Gasteiger partial charge is 0.389 e. The third kappa shape index (κ3) is 3.56. The van der Waals surface area contributed by atoms with E-state index in [1.54, 1.807) is 5.57 Å². The molecule has 0 radical (unpaired) electrons. The van der Waals surface area contributed by atoms with Crippen molar-refractivity contribution in [2.75, 3.05) is 0 Å². The van der Waals surface area contributed by atoms with Crippen molar-refractivity contribution in [2.45, 2.75) is 105 Å². The van der Waals surface area contributed by atoms with E-state index in [9.17, 15) is 9.90 Å². The number of rotatable bonds is 5. The van der Waals surface area contributed by atoms with Gasteiger partial charge in [0.25, 0.3) is 0 Å². The van der Waals surface area contributed by atoms with Crippen LogP contribution >= 0.6 is 0 Å². The van der Waals surface area contributed by atoms with Gasteiger partial charge in [0, 0.05) is 18.8 Å². The highest BCUT2D eigenvalue weighted by atomic mass is 16.3. The first kappa shape index (κ1) is 21.6. The molecule has 0 aromatic carbocycles. The molecule has 164 valence electrons. The molecule has 0 saturated heterocycles. The lowest BCUT2D eigenvalue weighted by molar-refractivity contribution is -0.131. The van der Waals surface area contributed by atoms with Gasteiger partial charge in [-0.1, -0.05) is 65.5 Å². The van der Waals surface area contributed by atoms with Crippen molar-refractivity contribution >= 4 is 5.78 Å². The molecule has 8 atom stereocenters. The van der Waals surface area contributed by atoms with Gasteiger partial charge in [0.15, 0.2) is 0 Å². The molecular formula is C27H44O2. The van der Waals surface area contributed by atoms with Crippen LogP contribution < -0.4 is 0 Å². The molecule has 3 saturated carbocycles. The number of aliphatic hydroxyl groups is 1. The van der Waals surface area contributed by atoms with E-state index in [0.717, 1.165) is 30.6 Å². The average Bonchev–Trinajstić information content (AvgIpc) is 3.00. The molecule has 0 amide bonds. The van der Waals surface area contributed by atoms with Crippen molar-refractivity contribution in [1.82, 2.24) is 0 Å². The van der Waals surface area contributed by atoms with Crippen molar-refractivity contribution < 1.29 is 9.90 Å². The Labute approximate surface area is 178 Å². The van der Waals surface area contributed by atoms with Crippen LogP contribution in [-0.2, 0) is 4.79 Å². The molecule has 4 aliphatic rings. The number of fused-ring (bicyclic) bond motifs is 5. The van der Waals surface area contributed by atoms with Crippen LogP contribution in [0.3, 0.4) is 0 Å². The Balaban J connectivity index is 1.55. The number of hydrogen-bond acceptors (Lipinski definition) is 2. The molecule has 2 heteroatoms. The van der Waals surface area contributed by atoms with E-state index >= 15 is 0 Å². The van der Waals surface area contributed by atoms with Gasteiger partial charge in [-0.15, -0.1) is 0 Å². The maximum atomic E-state index is 12.1. The molecule has 0 aromatic rings. The summed E-state index contributed by atoms with van der Waals surface area (Å²) in [6.07, 6.45) is 13.5. The van der Waals surface area contributed by atoms with E-state index < -0.39 is 6.10 Å². The summed E-state index contributed by atoms with van der Waals surface area (Å²) in [5, 5.41) is 11.0. The van der Waals surface area contributed by atoms with E-state index in [2.05, 4.69) is 40.7 Å². The molecule has 0 aliphatic heterocycles. The van der Waals surface area contributed by atoms with Gasteiger partial charge in [-0.2, -0.15) is 0 Å². The minimum Gasteiger partial charge on any atom is -0.389 e. The van der Waals surface area contributed by atoms with Crippen LogP contribution in [-0.4, -0.2) is 17.0 Å². The van der Waals surface area contributed by atoms with E-state index in [-0.39, 0.29) is 11.3 Å². The molecule has 1 unspecified atom stereocenters. The second-order valence-corrected chi connectivity index (χ2v) is 12.1. The fraction of sp³-hybridized carbons (Fsp3) is 0.889. The number of carbonyl (C=O) groups is 1. The topological polar surface area (TPSA) is 37.3 Å². The van der Waals surface area contributed by atoms with Crippen molar-refractivity contribution in [3.8, 4) is 0 Å². The van der Waals surface area contributed by atoms with Crippen molar-refractivity contribution in [1.29, 1.82) is 0 Å². The Kier molecular flexibility index (Phi) is 5.82. The lowest BCUT2D eigenvalue weighted by Crippen LogP contribution is -2.53. The highest BCUT2D eigenvalue weighted by molar-refractivity contribution is 5.80. The van der Waals surface area contributed by atoms with Crippen LogP contribution in [0.25, 0.3) is 0 Å². The Hall–Kier alpha value is -0.630. The first-order valence-corrected chi connectivity index (χ1v) is 12.6. The van der Waals surface area contributed by atoms with Crippen molar-refractivity contribution in [2.24, 2.45) is 46.3 Å². The molecule has 0 heterocycles. The summed E-state index contributed by atoms with van der Waals surface area (Å²) in [4.78, 5) is 12.1. The molecule has 0 aromatic heterocycles. The average molecular weight is 401 g/mol. The summed E-state index contributed by atoms with van der Waals surface area (Å²) < 4.78 is 0. The maximum absolute atomic E-state index is 12.1. The van der Waals surface area contributed by atoms with Gasteiger partial charge in [0.05, 0.1) is 6.10 Å². The Morgan fingerprint density at radius 1 is 1.03 bits per heavy atom. The molecular weight excluding hydrogens is 356 g/mol. The normalized spacial score (nSPS) is 45.4. The van der Waals surface area contributed by atoms with Gasteiger partial charge in [-0.25, -0.2) is 0 Å². The SMILES string of the molecule is CC(C)CCC[C@@H](C)[C@H]1CC[C@H]2C3=C[C@@H](O)C4CC(=O)CC[C@]4(C)[C@H]3CC[C@]12C. The van der Waals surface area contributed by atoms with Crippen LogP contribution in [0.5, 0.6) is 0 Å². The van der Waals surface area contributed by atoms with E-state index in [4.69, 9.17) is 0 Å². The molecule has 3 fully saturated rings. The lowest BCUT2D eigenvalue weighted by atomic mass is 9.47. The van der Waals surface area contributed by atoms with Gasteiger partial charge in [0.2, 0.25) is 0 Å². The molecule has 4 rings (SSSR count). The Morgan fingerprint density at radius 3 is 2.48 bits per heavy atom. The molecule has 29 heavy (non-hydrogen) atoms. The van der Waals surface area contributed by atoms with Crippen LogP contribution in [0.4, 0.5) is 0 Å². The first-order chi connectivity index (χ1) is 13.7. The second kappa shape index (κ2) is 7.81. The Bertz CT molecular complexity index is 663. The van der Waals surface area contributed by atoms with E-state index in [0.29, 0.717) is 29.5 Å². The summed E-state index contributed by atoms with van der Waals surface area (Å²) in [7, 11) is 0. The molecule has 1 N–H and O–H groups in total. The molecule has 4 aliphatic carbocycles. The van der Waals surface area contributed by atoms with Gasteiger partial charge >= 0.3 is 0 Å². The molecule has 0 bridgehead atoms. The summed E-state index contributed by atoms with van der Waals surface area (Å²) >= 11 is 0. The van der Waals surface area contributed by atoms with Crippen LogP contribution in [0.2, 0.25) is 0 Å². The number of ketones is 1. The first-order valence-electron chi connectivity index (χ1n) is 12.6. The third-order valence-electron chi connectivity index (χ3n) is 10.1. The summed E-state index contributed by atoms with van der Waals surface area (Å²) in [6, 6.07) is 0. The number of hydrogen-bond donors (Lipinski definition) is 1. The van der Waals surface area contributed by atoms with Crippen molar-refractivity contribution in [3.05, 3.63) is 11.6 Å². The van der Waals surface area contributed by atoms with Crippen molar-refractivity contribution in [3.63, 3.8) is 0 Å². The summed E-state index contributed by atoms with van der Waals surface area (Å²) in [6.45, 7) is 12.2. The Morgan fingerprint density at radius 2 is 1.76 bits per heavy atom. The fourth-order valence-corrected chi connectivity index (χ4v) is 8.39. The number of allylic oxidation sites excluding steroid dienone is 1. The van der Waals surface area contributed by atoms with E-state index in [1.807, 2.05) is 0 Å².